The fraction of sp³-hybridized carbons (Fsp3) is 0.273. The van der Waals surface area contributed by atoms with Crippen LogP contribution in [-0.2, 0) is 9.53 Å². The average Bonchev–Trinajstić information content (AvgIpc) is 2.33. The minimum atomic E-state index is -1.21. The summed E-state index contributed by atoms with van der Waals surface area (Å²) in [6, 6.07) is 3.01. The molecule has 1 atom stereocenters. The van der Waals surface area contributed by atoms with Gasteiger partial charge in [-0.3, -0.25) is 0 Å². The summed E-state index contributed by atoms with van der Waals surface area (Å²) in [7, 11) is 1.21. The van der Waals surface area contributed by atoms with Gasteiger partial charge in [0.1, 0.15) is 5.82 Å². The van der Waals surface area contributed by atoms with E-state index in [1.807, 2.05) is 0 Å². The summed E-state index contributed by atoms with van der Waals surface area (Å²) in [5, 5.41) is 13.4. The number of hydrogen-bond donors (Lipinski definition) is 3. The van der Waals surface area contributed by atoms with Gasteiger partial charge in [0.25, 0.3) is 0 Å². The zero-order chi connectivity index (χ0) is 14.4. The van der Waals surface area contributed by atoms with E-state index >= 15 is 0 Å². The number of ether oxygens (including phenoxy) is 1. The Bertz CT molecular complexity index is 484. The first-order valence-electron chi connectivity index (χ1n) is 5.19. The van der Waals surface area contributed by atoms with Crippen LogP contribution >= 0.6 is 11.6 Å². The molecule has 0 aliphatic heterocycles. The number of carboxylic acid groups (broad SMARTS) is 1. The summed E-state index contributed by atoms with van der Waals surface area (Å²) in [6.07, 6.45) is -1.17. The van der Waals surface area contributed by atoms with E-state index in [9.17, 15) is 14.0 Å². The van der Waals surface area contributed by atoms with Crippen LogP contribution in [0.1, 0.15) is 0 Å². The van der Waals surface area contributed by atoms with Gasteiger partial charge in [-0.25, -0.2) is 14.0 Å². The molecule has 0 saturated carbocycles. The maximum atomic E-state index is 13.4. The second-order valence-corrected chi connectivity index (χ2v) is 3.96. The number of carboxylic acids is 1. The van der Waals surface area contributed by atoms with Crippen molar-refractivity contribution in [1.29, 1.82) is 0 Å². The molecule has 1 aromatic rings. The van der Waals surface area contributed by atoms with E-state index in [-0.39, 0.29) is 17.3 Å². The number of urea groups is 1. The van der Waals surface area contributed by atoms with Crippen molar-refractivity contribution < 1.29 is 23.8 Å². The van der Waals surface area contributed by atoms with Crippen LogP contribution in [0.3, 0.4) is 0 Å². The van der Waals surface area contributed by atoms with Gasteiger partial charge < -0.3 is 20.5 Å². The van der Waals surface area contributed by atoms with Crippen molar-refractivity contribution in [2.75, 3.05) is 19.0 Å². The molecule has 19 heavy (non-hydrogen) atoms. The van der Waals surface area contributed by atoms with Gasteiger partial charge in [-0.1, -0.05) is 11.6 Å². The smallest absolute Gasteiger partial charge is 0.334 e. The zero-order valence-electron chi connectivity index (χ0n) is 9.94. The molecule has 0 heterocycles. The van der Waals surface area contributed by atoms with Crippen LogP contribution in [0.25, 0.3) is 0 Å². The quantitative estimate of drug-likeness (QED) is 0.770. The van der Waals surface area contributed by atoms with Crippen molar-refractivity contribution in [1.82, 2.24) is 5.32 Å². The predicted octanol–water partition coefficient (Wildman–Crippen LogP) is 1.70. The molecular formula is C11H12ClFN2O4. The molecular weight excluding hydrogens is 279 g/mol. The molecule has 104 valence electrons. The average molecular weight is 291 g/mol. The Morgan fingerprint density at radius 1 is 1.53 bits per heavy atom. The Balaban J connectivity index is 2.53. The van der Waals surface area contributed by atoms with Crippen molar-refractivity contribution in [2.45, 2.75) is 6.10 Å². The summed E-state index contributed by atoms with van der Waals surface area (Å²) < 4.78 is 18.0. The molecule has 0 spiro atoms. The van der Waals surface area contributed by atoms with Crippen LogP contribution in [0, 0.1) is 5.82 Å². The molecule has 1 rings (SSSR count). The van der Waals surface area contributed by atoms with E-state index < -0.39 is 23.9 Å². The number of amides is 2. The third-order valence-electron chi connectivity index (χ3n) is 2.19. The Labute approximate surface area is 113 Å². The molecule has 0 bridgehead atoms. The summed E-state index contributed by atoms with van der Waals surface area (Å²) in [4.78, 5) is 22.0. The number of benzene rings is 1. The van der Waals surface area contributed by atoms with Gasteiger partial charge in [0.15, 0.2) is 6.10 Å². The van der Waals surface area contributed by atoms with Crippen LogP contribution in [0.5, 0.6) is 0 Å². The van der Waals surface area contributed by atoms with Crippen LogP contribution in [-0.4, -0.2) is 36.9 Å². The number of carbonyl (C=O) groups is 2. The van der Waals surface area contributed by atoms with Crippen LogP contribution in [0.2, 0.25) is 5.02 Å². The SMILES string of the molecule is COC(CNC(=O)Nc1ccc(Cl)cc1F)C(=O)O. The topological polar surface area (TPSA) is 87.7 Å². The van der Waals surface area contributed by atoms with Gasteiger partial charge >= 0.3 is 12.0 Å². The standard InChI is InChI=1S/C11H12ClFN2O4/c1-19-9(10(16)17)5-14-11(18)15-8-3-2-6(12)4-7(8)13/h2-4,9H,5H2,1H3,(H,16,17)(H2,14,15,18). The van der Waals surface area contributed by atoms with E-state index in [1.54, 1.807) is 0 Å². The van der Waals surface area contributed by atoms with Gasteiger partial charge in [-0.05, 0) is 18.2 Å². The fourth-order valence-corrected chi connectivity index (χ4v) is 1.37. The second kappa shape index (κ2) is 6.91. The first-order chi connectivity index (χ1) is 8.93. The van der Waals surface area contributed by atoms with Gasteiger partial charge in [0.05, 0.1) is 12.2 Å². The molecule has 2 amide bonds. The predicted molar refractivity (Wildman–Crippen MR) is 66.9 cm³/mol. The molecule has 3 N–H and O–H groups in total. The molecule has 0 radical (unpaired) electrons. The lowest BCUT2D eigenvalue weighted by atomic mass is 10.3. The van der Waals surface area contributed by atoms with Crippen molar-refractivity contribution in [3.05, 3.63) is 29.0 Å². The van der Waals surface area contributed by atoms with E-state index in [0.717, 1.165) is 6.07 Å². The van der Waals surface area contributed by atoms with Crippen molar-refractivity contribution in [2.24, 2.45) is 0 Å². The summed E-state index contributed by atoms with van der Waals surface area (Å²) in [6.45, 7) is -0.243. The summed E-state index contributed by atoms with van der Waals surface area (Å²) in [5.41, 5.74) is -0.0637. The lowest BCUT2D eigenvalue weighted by Gasteiger charge is -2.12. The Morgan fingerprint density at radius 2 is 2.21 bits per heavy atom. The monoisotopic (exact) mass is 290 g/mol. The molecule has 0 aromatic heterocycles. The summed E-state index contributed by atoms with van der Waals surface area (Å²) >= 11 is 5.56. The highest BCUT2D eigenvalue weighted by molar-refractivity contribution is 6.30. The van der Waals surface area contributed by atoms with Gasteiger partial charge in [0.2, 0.25) is 0 Å². The number of aliphatic carboxylic acids is 1. The van der Waals surface area contributed by atoms with Gasteiger partial charge in [-0.2, -0.15) is 0 Å². The van der Waals surface area contributed by atoms with E-state index in [4.69, 9.17) is 16.7 Å². The Hall–Kier alpha value is -1.86. The largest absolute Gasteiger partial charge is 0.479 e. The number of anilines is 1. The zero-order valence-corrected chi connectivity index (χ0v) is 10.7. The van der Waals surface area contributed by atoms with Gasteiger partial charge in [-0.15, -0.1) is 0 Å². The molecule has 0 fully saturated rings. The number of hydrogen-bond acceptors (Lipinski definition) is 3. The van der Waals surface area contributed by atoms with Crippen molar-refractivity contribution >= 4 is 29.3 Å². The molecule has 1 unspecified atom stereocenters. The molecule has 1 aromatic carbocycles. The van der Waals surface area contributed by atoms with E-state index in [0.29, 0.717) is 0 Å². The van der Waals surface area contributed by atoms with Gasteiger partial charge in [0, 0.05) is 12.1 Å². The third-order valence-corrected chi connectivity index (χ3v) is 2.42. The van der Waals surface area contributed by atoms with E-state index in [2.05, 4.69) is 15.4 Å². The first-order valence-corrected chi connectivity index (χ1v) is 5.57. The molecule has 0 aliphatic carbocycles. The number of rotatable bonds is 5. The number of halogens is 2. The fourth-order valence-electron chi connectivity index (χ4n) is 1.21. The highest BCUT2D eigenvalue weighted by atomic mass is 35.5. The maximum absolute atomic E-state index is 13.4. The lowest BCUT2D eigenvalue weighted by Crippen LogP contribution is -2.39. The summed E-state index contributed by atoms with van der Waals surface area (Å²) in [5.74, 6) is -1.90. The highest BCUT2D eigenvalue weighted by Gasteiger charge is 2.17. The normalized spacial score (nSPS) is 11.7. The van der Waals surface area contributed by atoms with Crippen molar-refractivity contribution in [3.63, 3.8) is 0 Å². The molecule has 0 saturated heterocycles. The Kier molecular flexibility index (Phi) is 5.53. The van der Waals surface area contributed by atoms with E-state index in [1.165, 1.54) is 19.2 Å². The molecule has 6 nitrogen and oxygen atoms in total. The van der Waals surface area contributed by atoms with Crippen LogP contribution in [0.4, 0.5) is 14.9 Å². The number of methoxy groups -OCH3 is 1. The first kappa shape index (κ1) is 15.2. The third kappa shape index (κ3) is 4.72. The molecule has 8 heteroatoms. The minimum Gasteiger partial charge on any atom is -0.479 e. The van der Waals surface area contributed by atoms with Crippen LogP contribution in [0.15, 0.2) is 18.2 Å². The minimum absolute atomic E-state index is 0.0637. The highest BCUT2D eigenvalue weighted by Crippen LogP contribution is 2.18. The maximum Gasteiger partial charge on any atom is 0.334 e. The van der Waals surface area contributed by atoms with Crippen molar-refractivity contribution in [3.8, 4) is 0 Å². The lowest BCUT2D eigenvalue weighted by molar-refractivity contribution is -0.147. The molecule has 0 aliphatic rings. The second-order valence-electron chi connectivity index (χ2n) is 3.52. The number of nitrogens with one attached hydrogen (secondary N) is 2. The van der Waals surface area contributed by atoms with Crippen LogP contribution < -0.4 is 10.6 Å². The number of carbonyl (C=O) groups excluding carboxylic acids is 1. The Morgan fingerprint density at radius 3 is 2.74 bits per heavy atom.